The zero-order chi connectivity index (χ0) is 16.2. The Morgan fingerprint density at radius 3 is 2.77 bits per heavy atom. The van der Waals surface area contributed by atoms with Crippen LogP contribution in [-0.4, -0.2) is 22.7 Å². The van der Waals surface area contributed by atoms with Crippen molar-refractivity contribution in [3.8, 4) is 0 Å². The van der Waals surface area contributed by atoms with E-state index in [1.54, 1.807) is 18.3 Å². The number of nitrogens with zero attached hydrogens (tertiary/aromatic N) is 1. The fourth-order valence-electron chi connectivity index (χ4n) is 1.83. The topological polar surface area (TPSA) is 74.2 Å². The molecule has 0 fully saturated rings. The summed E-state index contributed by atoms with van der Waals surface area (Å²) in [7, 11) is 0. The highest BCUT2D eigenvalue weighted by molar-refractivity contribution is 7.10. The molecular formula is C15H21N3O2S2. The van der Waals surface area contributed by atoms with E-state index in [-0.39, 0.29) is 12.6 Å². The van der Waals surface area contributed by atoms with Gasteiger partial charge in [-0.05, 0) is 18.4 Å². The third kappa shape index (κ3) is 4.53. The molecule has 2 heterocycles. The summed E-state index contributed by atoms with van der Waals surface area (Å²) in [5, 5.41) is 20.7. The lowest BCUT2D eigenvalue weighted by Gasteiger charge is -2.22. The molecule has 0 aliphatic carbocycles. The molecule has 0 saturated carbocycles. The molecule has 0 saturated heterocycles. The van der Waals surface area contributed by atoms with Gasteiger partial charge < -0.3 is 15.7 Å². The lowest BCUT2D eigenvalue weighted by Crippen LogP contribution is -2.42. The Balaban J connectivity index is 1.78. The van der Waals surface area contributed by atoms with Gasteiger partial charge in [-0.1, -0.05) is 19.9 Å². The summed E-state index contributed by atoms with van der Waals surface area (Å²) in [4.78, 5) is 17.1. The SMILES string of the molecule is CC(C)c1nc(CNC(=O)NC[C@@](C)(O)c2cccs2)cs1. The smallest absolute Gasteiger partial charge is 0.315 e. The minimum atomic E-state index is -1.06. The number of nitrogens with one attached hydrogen (secondary N) is 2. The standard InChI is InChI=1S/C15H21N3O2S2/c1-10(2)13-18-11(8-22-13)7-16-14(19)17-9-15(3,20)12-5-4-6-21-12/h4-6,8,10,20H,7,9H2,1-3H3,(H2,16,17,19)/t15-/m1/s1. The second-order valence-corrected chi connectivity index (χ2v) is 7.46. The van der Waals surface area contributed by atoms with E-state index in [1.807, 2.05) is 22.9 Å². The lowest BCUT2D eigenvalue weighted by atomic mass is 10.1. The molecule has 0 unspecified atom stereocenters. The number of carbonyl (C=O) groups excluding carboxylic acids is 1. The van der Waals surface area contributed by atoms with E-state index in [4.69, 9.17) is 0 Å². The number of aliphatic hydroxyl groups is 1. The number of hydrogen-bond acceptors (Lipinski definition) is 5. The van der Waals surface area contributed by atoms with E-state index in [9.17, 15) is 9.90 Å². The van der Waals surface area contributed by atoms with Crippen molar-refractivity contribution in [2.45, 2.75) is 38.8 Å². The first kappa shape index (κ1) is 16.9. The molecule has 2 amide bonds. The molecule has 5 nitrogen and oxygen atoms in total. The monoisotopic (exact) mass is 339 g/mol. The molecule has 0 aromatic carbocycles. The van der Waals surface area contributed by atoms with Crippen molar-refractivity contribution in [2.24, 2.45) is 0 Å². The van der Waals surface area contributed by atoms with E-state index in [0.29, 0.717) is 12.5 Å². The third-order valence-electron chi connectivity index (χ3n) is 3.14. The van der Waals surface area contributed by atoms with Crippen molar-refractivity contribution < 1.29 is 9.90 Å². The largest absolute Gasteiger partial charge is 0.383 e. The summed E-state index contributed by atoms with van der Waals surface area (Å²) in [6.07, 6.45) is 0. The first-order valence-electron chi connectivity index (χ1n) is 7.11. The number of hydrogen-bond donors (Lipinski definition) is 3. The second-order valence-electron chi connectivity index (χ2n) is 5.62. The van der Waals surface area contributed by atoms with Gasteiger partial charge in [-0.15, -0.1) is 22.7 Å². The molecule has 0 aliphatic heterocycles. The number of thiazole rings is 1. The molecule has 0 bridgehead atoms. The summed E-state index contributed by atoms with van der Waals surface area (Å²) in [6, 6.07) is 3.42. The van der Waals surface area contributed by atoms with Gasteiger partial charge in [-0.2, -0.15) is 0 Å². The van der Waals surface area contributed by atoms with Crippen LogP contribution in [-0.2, 0) is 12.1 Å². The molecule has 1 atom stereocenters. The minimum Gasteiger partial charge on any atom is -0.383 e. The predicted octanol–water partition coefficient (Wildman–Crippen LogP) is 3.03. The molecule has 2 rings (SSSR count). The number of aromatic nitrogens is 1. The van der Waals surface area contributed by atoms with E-state index >= 15 is 0 Å². The van der Waals surface area contributed by atoms with Crippen molar-refractivity contribution in [3.63, 3.8) is 0 Å². The van der Waals surface area contributed by atoms with Crippen LogP contribution in [0.2, 0.25) is 0 Å². The maximum absolute atomic E-state index is 11.8. The van der Waals surface area contributed by atoms with Crippen molar-refractivity contribution in [1.29, 1.82) is 0 Å². The maximum atomic E-state index is 11.8. The minimum absolute atomic E-state index is 0.160. The van der Waals surface area contributed by atoms with Crippen molar-refractivity contribution in [2.75, 3.05) is 6.54 Å². The highest BCUT2D eigenvalue weighted by Gasteiger charge is 2.24. The van der Waals surface area contributed by atoms with E-state index in [1.165, 1.54) is 11.3 Å². The molecule has 0 spiro atoms. The van der Waals surface area contributed by atoms with Crippen molar-refractivity contribution in [1.82, 2.24) is 15.6 Å². The van der Waals surface area contributed by atoms with Crippen LogP contribution in [0.15, 0.2) is 22.9 Å². The Hall–Kier alpha value is -1.44. The van der Waals surface area contributed by atoms with Crippen LogP contribution < -0.4 is 10.6 Å². The number of thiophene rings is 1. The quantitative estimate of drug-likeness (QED) is 0.757. The average molecular weight is 339 g/mol. The van der Waals surface area contributed by atoms with Gasteiger partial charge in [0, 0.05) is 16.2 Å². The van der Waals surface area contributed by atoms with Crippen LogP contribution in [0.25, 0.3) is 0 Å². The van der Waals surface area contributed by atoms with Gasteiger partial charge in [0.15, 0.2) is 0 Å². The summed E-state index contributed by atoms with van der Waals surface area (Å²) < 4.78 is 0. The molecule has 2 aromatic rings. The zero-order valence-electron chi connectivity index (χ0n) is 12.9. The van der Waals surface area contributed by atoms with Crippen LogP contribution >= 0.6 is 22.7 Å². The van der Waals surface area contributed by atoms with Gasteiger partial charge in [-0.3, -0.25) is 0 Å². The van der Waals surface area contributed by atoms with Crippen LogP contribution in [0.1, 0.15) is 42.3 Å². The first-order valence-corrected chi connectivity index (χ1v) is 8.87. The highest BCUT2D eigenvalue weighted by atomic mass is 32.1. The fraction of sp³-hybridized carbons (Fsp3) is 0.467. The Morgan fingerprint density at radius 2 is 2.18 bits per heavy atom. The summed E-state index contributed by atoms with van der Waals surface area (Å²) in [5.74, 6) is 0.397. The van der Waals surface area contributed by atoms with E-state index in [0.717, 1.165) is 15.6 Å². The van der Waals surface area contributed by atoms with Gasteiger partial charge in [0.25, 0.3) is 0 Å². The van der Waals surface area contributed by atoms with E-state index in [2.05, 4.69) is 29.5 Å². The maximum Gasteiger partial charge on any atom is 0.315 e. The van der Waals surface area contributed by atoms with Crippen LogP contribution in [0.3, 0.4) is 0 Å². The molecule has 22 heavy (non-hydrogen) atoms. The summed E-state index contributed by atoms with van der Waals surface area (Å²) >= 11 is 3.07. The Labute approximate surface area is 138 Å². The summed E-state index contributed by atoms with van der Waals surface area (Å²) in [6.45, 7) is 6.42. The summed E-state index contributed by atoms with van der Waals surface area (Å²) in [5.41, 5.74) is -0.203. The van der Waals surface area contributed by atoms with Crippen LogP contribution in [0, 0.1) is 0 Å². The predicted molar refractivity (Wildman–Crippen MR) is 90.3 cm³/mol. The zero-order valence-corrected chi connectivity index (χ0v) is 14.6. The van der Waals surface area contributed by atoms with Gasteiger partial charge >= 0.3 is 6.03 Å². The normalized spacial score (nSPS) is 13.9. The number of rotatable bonds is 6. The number of amides is 2. The van der Waals surface area contributed by atoms with Crippen molar-refractivity contribution in [3.05, 3.63) is 38.5 Å². The fourth-order valence-corrected chi connectivity index (χ4v) is 3.45. The third-order valence-corrected chi connectivity index (χ3v) is 5.46. The molecule has 0 radical (unpaired) electrons. The Kier molecular flexibility index (Phi) is 5.55. The van der Waals surface area contributed by atoms with Crippen LogP contribution in [0.5, 0.6) is 0 Å². The van der Waals surface area contributed by atoms with Crippen LogP contribution in [0.4, 0.5) is 4.79 Å². The van der Waals surface area contributed by atoms with Gasteiger partial charge in [0.05, 0.1) is 23.8 Å². The second kappa shape index (κ2) is 7.21. The molecule has 7 heteroatoms. The Bertz CT molecular complexity index is 606. The molecular weight excluding hydrogens is 318 g/mol. The van der Waals surface area contributed by atoms with Gasteiger partial charge in [0.1, 0.15) is 5.60 Å². The first-order chi connectivity index (χ1) is 10.4. The highest BCUT2D eigenvalue weighted by Crippen LogP contribution is 2.24. The van der Waals surface area contributed by atoms with Crippen molar-refractivity contribution >= 4 is 28.7 Å². The van der Waals surface area contributed by atoms with Gasteiger partial charge in [-0.25, -0.2) is 9.78 Å². The average Bonchev–Trinajstić information content (AvgIpc) is 3.13. The van der Waals surface area contributed by atoms with E-state index < -0.39 is 5.60 Å². The molecule has 0 aliphatic rings. The number of carbonyl (C=O) groups is 1. The Morgan fingerprint density at radius 1 is 1.41 bits per heavy atom. The van der Waals surface area contributed by atoms with Gasteiger partial charge in [0.2, 0.25) is 0 Å². The number of urea groups is 1. The lowest BCUT2D eigenvalue weighted by molar-refractivity contribution is 0.0631. The molecule has 2 aromatic heterocycles. The molecule has 3 N–H and O–H groups in total. The molecule has 120 valence electrons.